The van der Waals surface area contributed by atoms with E-state index in [9.17, 15) is 0 Å². The highest BCUT2D eigenvalue weighted by Gasteiger charge is 2.06. The average molecular weight is 286 g/mol. The Hall–Kier alpha value is -1.94. The number of rotatable bonds is 6. The van der Waals surface area contributed by atoms with Gasteiger partial charge in [-0.1, -0.05) is 43.8 Å². The van der Waals surface area contributed by atoms with Gasteiger partial charge in [0, 0.05) is 11.8 Å². The van der Waals surface area contributed by atoms with E-state index in [1.165, 1.54) is 5.56 Å². The van der Waals surface area contributed by atoms with Crippen LogP contribution in [-0.4, -0.2) is 9.97 Å². The van der Waals surface area contributed by atoms with Crippen LogP contribution in [0, 0.1) is 0 Å². The van der Waals surface area contributed by atoms with E-state index in [0.29, 0.717) is 17.3 Å². The predicted molar refractivity (Wildman–Crippen MR) is 84.9 cm³/mol. The lowest BCUT2D eigenvalue weighted by Gasteiger charge is -2.09. The van der Waals surface area contributed by atoms with Crippen molar-refractivity contribution in [3.05, 3.63) is 59.4 Å². The highest BCUT2D eigenvalue weighted by Crippen LogP contribution is 2.16. The number of aryl methyl sites for hydroxylation is 1. The van der Waals surface area contributed by atoms with Crippen LogP contribution in [0.1, 0.15) is 30.2 Å². The van der Waals surface area contributed by atoms with E-state index < -0.39 is 0 Å². The first-order valence-corrected chi connectivity index (χ1v) is 7.07. The number of pyridine rings is 1. The molecule has 0 saturated carbocycles. The molecule has 0 radical (unpaired) electrons. The number of benzene rings is 1. The van der Waals surface area contributed by atoms with Gasteiger partial charge in [0.25, 0.3) is 0 Å². The molecule has 0 bridgehead atoms. The van der Waals surface area contributed by atoms with Crippen LogP contribution >= 0.6 is 12.2 Å². The first-order chi connectivity index (χ1) is 9.70. The largest absolute Gasteiger partial charge is 0.489 e. The van der Waals surface area contributed by atoms with Crippen molar-refractivity contribution >= 4 is 17.2 Å². The molecule has 3 nitrogen and oxygen atoms in total. The predicted octanol–water partition coefficient (Wildman–Crippen LogP) is 3.25. The Bertz CT molecular complexity index is 581. The Labute approximate surface area is 124 Å². The quantitative estimate of drug-likeness (QED) is 0.828. The number of ether oxygens (including phenoxy) is 1. The molecule has 1 heterocycles. The lowest BCUT2D eigenvalue weighted by molar-refractivity contribution is 0.305. The van der Waals surface area contributed by atoms with Crippen molar-refractivity contribution in [1.29, 1.82) is 0 Å². The van der Waals surface area contributed by atoms with Gasteiger partial charge in [0.15, 0.2) is 0 Å². The van der Waals surface area contributed by atoms with Gasteiger partial charge in [0.2, 0.25) is 0 Å². The molecule has 0 unspecified atom stereocenters. The van der Waals surface area contributed by atoms with Crippen LogP contribution in [0.4, 0.5) is 0 Å². The molecule has 2 N–H and O–H groups in total. The molecule has 0 aliphatic rings. The first kappa shape index (κ1) is 14.5. The Morgan fingerprint density at radius 3 is 2.65 bits per heavy atom. The van der Waals surface area contributed by atoms with Gasteiger partial charge in [-0.2, -0.15) is 0 Å². The molecule has 0 spiro atoms. The summed E-state index contributed by atoms with van der Waals surface area (Å²) in [6, 6.07) is 11.9. The van der Waals surface area contributed by atoms with E-state index in [1.807, 2.05) is 24.3 Å². The lowest BCUT2D eigenvalue weighted by atomic mass is 10.1. The van der Waals surface area contributed by atoms with Gasteiger partial charge >= 0.3 is 0 Å². The maximum Gasteiger partial charge on any atom is 0.123 e. The third-order valence-electron chi connectivity index (χ3n) is 2.98. The molecule has 1 aromatic heterocycles. The van der Waals surface area contributed by atoms with Crippen LogP contribution in [0.25, 0.3) is 0 Å². The first-order valence-electron chi connectivity index (χ1n) is 6.66. The molecular weight excluding hydrogens is 268 g/mol. The molecule has 20 heavy (non-hydrogen) atoms. The summed E-state index contributed by atoms with van der Waals surface area (Å²) in [5.74, 6) is 0.836. The molecular formula is C16H18N2OS. The van der Waals surface area contributed by atoms with Crippen LogP contribution < -0.4 is 10.5 Å². The minimum Gasteiger partial charge on any atom is -0.489 e. The summed E-state index contributed by atoms with van der Waals surface area (Å²) in [6.07, 6.45) is 3.92. The fraction of sp³-hybridized carbons (Fsp3) is 0.250. The molecule has 2 aromatic rings. The summed E-state index contributed by atoms with van der Waals surface area (Å²) in [4.78, 5) is 4.48. The summed E-state index contributed by atoms with van der Waals surface area (Å²) in [7, 11) is 0. The zero-order valence-corrected chi connectivity index (χ0v) is 12.3. The topological polar surface area (TPSA) is 48.1 Å². The Kier molecular flexibility index (Phi) is 5.07. The van der Waals surface area contributed by atoms with E-state index in [1.54, 1.807) is 6.20 Å². The van der Waals surface area contributed by atoms with Crippen molar-refractivity contribution in [2.24, 2.45) is 5.73 Å². The van der Waals surface area contributed by atoms with Crippen molar-refractivity contribution in [1.82, 2.24) is 4.98 Å². The third-order valence-corrected chi connectivity index (χ3v) is 3.17. The van der Waals surface area contributed by atoms with Gasteiger partial charge in [-0.25, -0.2) is 0 Å². The number of hydrogen-bond acceptors (Lipinski definition) is 3. The molecule has 2 rings (SSSR count). The van der Waals surface area contributed by atoms with E-state index in [0.717, 1.165) is 24.2 Å². The van der Waals surface area contributed by atoms with Gasteiger partial charge in [0.05, 0.1) is 0 Å². The number of nitrogens with two attached hydrogens (primary N) is 1. The average Bonchev–Trinajstić information content (AvgIpc) is 2.47. The number of nitrogens with zero attached hydrogens (tertiary/aromatic N) is 1. The van der Waals surface area contributed by atoms with Crippen LogP contribution in [0.3, 0.4) is 0 Å². The minimum absolute atomic E-state index is 0.294. The second-order valence-electron chi connectivity index (χ2n) is 4.56. The Balaban J connectivity index is 2.03. The summed E-state index contributed by atoms with van der Waals surface area (Å²) in [5.41, 5.74) is 8.50. The molecule has 0 atom stereocenters. The van der Waals surface area contributed by atoms with Crippen LogP contribution in [0.5, 0.6) is 5.75 Å². The van der Waals surface area contributed by atoms with Crippen molar-refractivity contribution in [3.8, 4) is 5.75 Å². The van der Waals surface area contributed by atoms with Crippen molar-refractivity contribution in [2.45, 2.75) is 26.4 Å². The molecule has 0 saturated heterocycles. The zero-order chi connectivity index (χ0) is 14.4. The van der Waals surface area contributed by atoms with Crippen molar-refractivity contribution in [3.63, 3.8) is 0 Å². The normalized spacial score (nSPS) is 10.2. The highest BCUT2D eigenvalue weighted by atomic mass is 32.1. The fourth-order valence-electron chi connectivity index (χ4n) is 1.98. The van der Waals surface area contributed by atoms with Crippen LogP contribution in [0.15, 0.2) is 42.6 Å². The van der Waals surface area contributed by atoms with Crippen LogP contribution in [-0.2, 0) is 13.0 Å². The maximum absolute atomic E-state index is 5.76. The summed E-state index contributed by atoms with van der Waals surface area (Å²) in [5, 5.41) is 0. The monoisotopic (exact) mass is 286 g/mol. The molecule has 0 aliphatic carbocycles. The number of hydrogen-bond donors (Lipinski definition) is 1. The lowest BCUT2D eigenvalue weighted by Crippen LogP contribution is -2.15. The number of aromatic nitrogens is 1. The Morgan fingerprint density at radius 1 is 1.25 bits per heavy atom. The van der Waals surface area contributed by atoms with E-state index in [2.05, 4.69) is 24.0 Å². The number of thiocarbonyl (C=S) groups is 1. The molecule has 0 aliphatic heterocycles. The van der Waals surface area contributed by atoms with E-state index in [4.69, 9.17) is 22.7 Å². The standard InChI is InChI=1S/C16H18N2OS/c1-2-4-12-6-8-14(9-7-12)19-11-13-5-3-10-18-15(13)16(17)20/h3,5-10H,2,4,11H2,1H3,(H2,17,20). The van der Waals surface area contributed by atoms with Gasteiger partial charge in [-0.05, 0) is 30.2 Å². The molecule has 1 aromatic carbocycles. The highest BCUT2D eigenvalue weighted by molar-refractivity contribution is 7.80. The van der Waals surface area contributed by atoms with Gasteiger partial charge < -0.3 is 10.5 Å². The third kappa shape index (κ3) is 3.78. The van der Waals surface area contributed by atoms with E-state index in [-0.39, 0.29) is 0 Å². The minimum atomic E-state index is 0.294. The fourth-order valence-corrected chi connectivity index (χ4v) is 2.16. The second kappa shape index (κ2) is 7.01. The van der Waals surface area contributed by atoms with Gasteiger partial charge in [-0.15, -0.1) is 0 Å². The maximum atomic E-state index is 5.76. The molecule has 104 valence electrons. The van der Waals surface area contributed by atoms with Crippen LogP contribution in [0.2, 0.25) is 0 Å². The summed E-state index contributed by atoms with van der Waals surface area (Å²) < 4.78 is 5.76. The molecule has 4 heteroatoms. The second-order valence-corrected chi connectivity index (χ2v) is 5.00. The summed E-state index contributed by atoms with van der Waals surface area (Å²) >= 11 is 4.99. The summed E-state index contributed by atoms with van der Waals surface area (Å²) in [6.45, 7) is 2.58. The van der Waals surface area contributed by atoms with Gasteiger partial charge in [0.1, 0.15) is 23.0 Å². The van der Waals surface area contributed by atoms with Gasteiger partial charge in [-0.3, -0.25) is 4.98 Å². The molecule has 0 fully saturated rings. The van der Waals surface area contributed by atoms with Crippen molar-refractivity contribution < 1.29 is 4.74 Å². The van der Waals surface area contributed by atoms with E-state index >= 15 is 0 Å². The SMILES string of the molecule is CCCc1ccc(OCc2cccnc2C(N)=S)cc1. The Morgan fingerprint density at radius 2 is 2.00 bits per heavy atom. The van der Waals surface area contributed by atoms with Crippen molar-refractivity contribution in [2.75, 3.05) is 0 Å². The zero-order valence-electron chi connectivity index (χ0n) is 11.5. The molecule has 0 amide bonds. The smallest absolute Gasteiger partial charge is 0.123 e.